The molecule has 5 rings (SSSR count). The van der Waals surface area contributed by atoms with Crippen molar-refractivity contribution in [3.8, 4) is 34.3 Å². The van der Waals surface area contributed by atoms with Crippen molar-refractivity contribution in [1.82, 2.24) is 9.55 Å². The minimum Gasteiger partial charge on any atom is -0.493 e. The molecule has 1 aliphatic heterocycles. The Morgan fingerprint density at radius 2 is 1.69 bits per heavy atom. The number of fused-ring (bicyclic) bond motifs is 1. The number of nitrogens with zero attached hydrogens (tertiary/aromatic N) is 2. The van der Waals surface area contributed by atoms with Crippen LogP contribution in [0.4, 0.5) is 5.95 Å². The largest absolute Gasteiger partial charge is 0.493 e. The lowest BCUT2D eigenvalue weighted by atomic mass is 10.1. The number of benzene rings is 3. The highest BCUT2D eigenvalue weighted by Gasteiger charge is 2.16. The van der Waals surface area contributed by atoms with Gasteiger partial charge >= 0.3 is 11.9 Å². The molecule has 0 radical (unpaired) electrons. The van der Waals surface area contributed by atoms with E-state index in [4.69, 9.17) is 38.7 Å². The van der Waals surface area contributed by atoms with Gasteiger partial charge in [-0.1, -0.05) is 36.4 Å². The molecule has 4 aromatic rings. The quantitative estimate of drug-likeness (QED) is 0.283. The summed E-state index contributed by atoms with van der Waals surface area (Å²) in [5.41, 5.74) is 4.17. The van der Waals surface area contributed by atoms with Gasteiger partial charge < -0.3 is 39.0 Å². The Kier molecular flexibility index (Phi) is 8.52. The number of carbonyl (C=O) groups is 2. The molecule has 2 heterocycles. The highest BCUT2D eigenvalue weighted by molar-refractivity contribution is 6.27. The van der Waals surface area contributed by atoms with Gasteiger partial charge in [0.1, 0.15) is 6.61 Å². The molecule has 0 saturated carbocycles. The van der Waals surface area contributed by atoms with Gasteiger partial charge in [-0.15, -0.1) is 0 Å². The second-order valence-corrected chi connectivity index (χ2v) is 8.32. The number of imidazole rings is 1. The molecule has 0 unspecified atom stereocenters. The second-order valence-electron chi connectivity index (χ2n) is 8.32. The molecule has 1 aliphatic rings. The Balaban J connectivity index is 0.000000531. The minimum absolute atomic E-state index is 0.260. The van der Waals surface area contributed by atoms with Crippen LogP contribution in [0.1, 0.15) is 11.1 Å². The van der Waals surface area contributed by atoms with E-state index in [0.29, 0.717) is 24.7 Å². The van der Waals surface area contributed by atoms with Gasteiger partial charge in [0, 0.05) is 19.2 Å². The zero-order valence-electron chi connectivity index (χ0n) is 21.3. The average molecular weight is 534 g/mol. The van der Waals surface area contributed by atoms with Crippen LogP contribution in [-0.2, 0) is 29.8 Å². The van der Waals surface area contributed by atoms with Crippen LogP contribution < -0.4 is 24.3 Å². The molecule has 0 bridgehead atoms. The number of carboxylic acids is 2. The summed E-state index contributed by atoms with van der Waals surface area (Å²) in [4.78, 5) is 22.8. The van der Waals surface area contributed by atoms with Crippen LogP contribution in [0.5, 0.6) is 23.0 Å². The Morgan fingerprint density at radius 1 is 0.949 bits per heavy atom. The maximum Gasteiger partial charge on any atom is 0.414 e. The number of rotatable bonds is 8. The van der Waals surface area contributed by atoms with Gasteiger partial charge in [-0.2, -0.15) is 0 Å². The van der Waals surface area contributed by atoms with Crippen LogP contribution in [0.3, 0.4) is 0 Å². The lowest BCUT2D eigenvalue weighted by molar-refractivity contribution is -0.159. The van der Waals surface area contributed by atoms with E-state index >= 15 is 0 Å². The van der Waals surface area contributed by atoms with Crippen molar-refractivity contribution in [1.29, 1.82) is 0 Å². The van der Waals surface area contributed by atoms with E-state index < -0.39 is 11.9 Å². The Hall–Kier alpha value is -5.19. The smallest absolute Gasteiger partial charge is 0.414 e. The number of aromatic nitrogens is 2. The number of ether oxygens (including phenoxy) is 4. The molecule has 39 heavy (non-hydrogen) atoms. The van der Waals surface area contributed by atoms with Crippen LogP contribution in [0.15, 0.2) is 72.9 Å². The molecule has 1 aromatic heterocycles. The summed E-state index contributed by atoms with van der Waals surface area (Å²) < 4.78 is 24.4. The first kappa shape index (κ1) is 26.9. The highest BCUT2D eigenvalue weighted by atomic mass is 16.7. The number of hydrogen-bond donors (Lipinski definition) is 3. The van der Waals surface area contributed by atoms with Crippen LogP contribution in [-0.4, -0.2) is 45.6 Å². The molecule has 3 aromatic carbocycles. The molecule has 0 aliphatic carbocycles. The zero-order chi connectivity index (χ0) is 27.8. The molecule has 202 valence electrons. The molecule has 0 fully saturated rings. The first-order chi connectivity index (χ1) is 18.9. The Morgan fingerprint density at radius 3 is 2.41 bits per heavy atom. The van der Waals surface area contributed by atoms with Gasteiger partial charge in [0.05, 0.1) is 19.0 Å². The van der Waals surface area contributed by atoms with Crippen molar-refractivity contribution in [2.24, 2.45) is 7.05 Å². The predicted molar refractivity (Wildman–Crippen MR) is 141 cm³/mol. The van der Waals surface area contributed by atoms with E-state index in [1.54, 1.807) is 7.11 Å². The molecule has 3 N–H and O–H groups in total. The standard InChI is InChI=1S/C26H25N3O4.C2H2O4/c1-29-21(20-9-11-23-25(13-20)33-17-32-23)15-28-26(29)27-14-19-8-10-22(30-2)24(12-19)31-16-18-6-4-3-5-7-18;3-1(4)2(5)6/h3-13,15H,14,16-17H2,1-2H3,(H,27,28);(H,3,4)(H,5,6). The van der Waals surface area contributed by atoms with Gasteiger partial charge in [0.15, 0.2) is 23.0 Å². The second kappa shape index (κ2) is 12.4. The van der Waals surface area contributed by atoms with Crippen LogP contribution in [0, 0.1) is 0 Å². The van der Waals surface area contributed by atoms with Gasteiger partial charge in [-0.05, 0) is 41.5 Å². The van der Waals surface area contributed by atoms with E-state index in [1.807, 2.05) is 84.5 Å². The normalized spacial score (nSPS) is 11.2. The summed E-state index contributed by atoms with van der Waals surface area (Å²) in [6, 6.07) is 21.9. The molecule has 0 amide bonds. The molecule has 0 atom stereocenters. The summed E-state index contributed by atoms with van der Waals surface area (Å²) in [5, 5.41) is 18.2. The fourth-order valence-electron chi connectivity index (χ4n) is 3.76. The SMILES string of the molecule is COc1ccc(CNc2ncc(-c3ccc4c(c3)OCO4)n2C)cc1OCc1ccccc1.O=C(O)C(=O)O. The third-order valence-electron chi connectivity index (χ3n) is 5.76. The molecular formula is C28H27N3O8. The lowest BCUT2D eigenvalue weighted by Gasteiger charge is -2.13. The van der Waals surface area contributed by atoms with Gasteiger partial charge in [0.25, 0.3) is 0 Å². The first-order valence-electron chi connectivity index (χ1n) is 11.8. The van der Waals surface area contributed by atoms with Gasteiger partial charge in [0.2, 0.25) is 12.7 Å². The predicted octanol–water partition coefficient (Wildman–Crippen LogP) is 4.17. The summed E-state index contributed by atoms with van der Waals surface area (Å²) in [6.07, 6.45) is 1.85. The third kappa shape index (κ3) is 6.77. The van der Waals surface area contributed by atoms with E-state index in [9.17, 15) is 0 Å². The Labute approximate surface area is 224 Å². The third-order valence-corrected chi connectivity index (χ3v) is 5.76. The van der Waals surface area contributed by atoms with Crippen LogP contribution >= 0.6 is 0 Å². The van der Waals surface area contributed by atoms with Crippen LogP contribution in [0.25, 0.3) is 11.3 Å². The van der Waals surface area contributed by atoms with Crippen molar-refractivity contribution in [3.63, 3.8) is 0 Å². The number of carboxylic acid groups (broad SMARTS) is 2. The van der Waals surface area contributed by atoms with Crippen molar-refractivity contribution in [2.45, 2.75) is 13.2 Å². The minimum atomic E-state index is -1.82. The van der Waals surface area contributed by atoms with E-state index in [-0.39, 0.29) is 6.79 Å². The average Bonchev–Trinajstić information content (AvgIpc) is 3.57. The lowest BCUT2D eigenvalue weighted by Crippen LogP contribution is -2.09. The van der Waals surface area contributed by atoms with E-state index in [1.165, 1.54) is 0 Å². The number of nitrogens with one attached hydrogen (secondary N) is 1. The maximum atomic E-state index is 9.10. The van der Waals surface area contributed by atoms with Gasteiger partial charge in [-0.3, -0.25) is 0 Å². The molecular weight excluding hydrogens is 506 g/mol. The summed E-state index contributed by atoms with van der Waals surface area (Å²) >= 11 is 0. The monoisotopic (exact) mass is 533 g/mol. The highest BCUT2D eigenvalue weighted by Crippen LogP contribution is 2.36. The Bertz CT molecular complexity index is 1440. The van der Waals surface area contributed by atoms with Crippen molar-refractivity contribution < 1.29 is 38.7 Å². The number of aliphatic carboxylic acids is 2. The van der Waals surface area contributed by atoms with E-state index in [0.717, 1.165) is 39.8 Å². The fourth-order valence-corrected chi connectivity index (χ4v) is 3.76. The van der Waals surface area contributed by atoms with Crippen molar-refractivity contribution in [2.75, 3.05) is 19.2 Å². The fraction of sp³-hybridized carbons (Fsp3) is 0.179. The summed E-state index contributed by atoms with van der Waals surface area (Å²) in [7, 11) is 3.63. The first-order valence-corrected chi connectivity index (χ1v) is 11.8. The summed E-state index contributed by atoms with van der Waals surface area (Å²) in [6.45, 7) is 1.33. The topological polar surface area (TPSA) is 141 Å². The van der Waals surface area contributed by atoms with Crippen molar-refractivity contribution >= 4 is 17.9 Å². The molecule has 0 saturated heterocycles. The summed E-state index contributed by atoms with van der Waals surface area (Å²) in [5.74, 6) is 0.0575. The number of anilines is 1. The van der Waals surface area contributed by atoms with Crippen LogP contribution in [0.2, 0.25) is 0 Å². The molecule has 11 nitrogen and oxygen atoms in total. The molecule has 0 spiro atoms. The number of methoxy groups -OCH3 is 1. The maximum absolute atomic E-state index is 9.10. The van der Waals surface area contributed by atoms with Gasteiger partial charge in [-0.25, -0.2) is 14.6 Å². The van der Waals surface area contributed by atoms with E-state index in [2.05, 4.69) is 10.3 Å². The number of hydrogen-bond acceptors (Lipinski definition) is 8. The van der Waals surface area contributed by atoms with Crippen molar-refractivity contribution in [3.05, 3.63) is 84.1 Å². The molecule has 11 heteroatoms. The zero-order valence-corrected chi connectivity index (χ0v) is 21.3.